The van der Waals surface area contributed by atoms with E-state index in [2.05, 4.69) is 11.4 Å². The van der Waals surface area contributed by atoms with Crippen molar-refractivity contribution in [2.45, 2.75) is 30.7 Å². The highest BCUT2D eigenvalue weighted by atomic mass is 16.6. The topological polar surface area (TPSA) is 84.9 Å². The van der Waals surface area contributed by atoms with E-state index in [0.29, 0.717) is 0 Å². The van der Waals surface area contributed by atoms with E-state index in [4.69, 9.17) is 14.6 Å². The van der Waals surface area contributed by atoms with Crippen LogP contribution in [0.15, 0.2) is 60.7 Å². The van der Waals surface area contributed by atoms with E-state index >= 15 is 0 Å². The summed E-state index contributed by atoms with van der Waals surface area (Å²) in [5.74, 6) is -1.90. The van der Waals surface area contributed by atoms with E-state index in [9.17, 15) is 9.59 Å². The second-order valence-electron chi connectivity index (χ2n) is 7.28. The van der Waals surface area contributed by atoms with Gasteiger partial charge in [-0.25, -0.2) is 9.59 Å². The number of benzene rings is 2. The number of hydrogen-bond donors (Lipinski definition) is 2. The molecule has 0 aromatic heterocycles. The molecule has 0 saturated heterocycles. The molecule has 0 saturated carbocycles. The third kappa shape index (κ3) is 3.34. The summed E-state index contributed by atoms with van der Waals surface area (Å²) in [5.41, 5.74) is 3.44. The minimum atomic E-state index is -1.20. The van der Waals surface area contributed by atoms with E-state index in [-0.39, 0.29) is 0 Å². The highest BCUT2D eigenvalue weighted by molar-refractivity contribution is 5.90. The van der Waals surface area contributed by atoms with Gasteiger partial charge in [0, 0.05) is 17.7 Å². The molecule has 0 amide bonds. The highest BCUT2D eigenvalue weighted by Gasteiger charge is 2.54. The summed E-state index contributed by atoms with van der Waals surface area (Å²) in [6.07, 6.45) is 2.37. The fourth-order valence-corrected chi connectivity index (χ4v) is 4.44. The zero-order valence-electron chi connectivity index (χ0n) is 16.1. The van der Waals surface area contributed by atoms with E-state index in [0.717, 1.165) is 53.8 Å². The monoisotopic (exact) mass is 393 g/mol. The molecule has 2 N–H and O–H groups in total. The number of nitrogens with one attached hydrogen (secondary N) is 1. The molecule has 150 valence electrons. The van der Waals surface area contributed by atoms with Gasteiger partial charge in [0.05, 0.1) is 0 Å². The Labute approximate surface area is 169 Å². The lowest BCUT2D eigenvalue weighted by Gasteiger charge is -2.40. The van der Waals surface area contributed by atoms with Gasteiger partial charge in [0.25, 0.3) is 0 Å². The first-order valence-corrected chi connectivity index (χ1v) is 9.69. The van der Waals surface area contributed by atoms with Crippen LogP contribution in [0.2, 0.25) is 0 Å². The Bertz CT molecular complexity index is 969. The molecule has 2 bridgehead atoms. The van der Waals surface area contributed by atoms with E-state index in [1.54, 1.807) is 0 Å². The SMILES string of the molecule is CNCCC[C@]12O[C@@H](c3ccccc31)C(OC(=O)C=CC(=O)O)c1ccccc12. The van der Waals surface area contributed by atoms with Gasteiger partial charge in [0.2, 0.25) is 0 Å². The molecule has 6 nitrogen and oxygen atoms in total. The summed E-state index contributed by atoms with van der Waals surface area (Å²) >= 11 is 0. The van der Waals surface area contributed by atoms with Crippen LogP contribution in [0.4, 0.5) is 0 Å². The first-order valence-electron chi connectivity index (χ1n) is 9.69. The Morgan fingerprint density at radius 1 is 1.10 bits per heavy atom. The molecular formula is C23H23NO5. The number of fused-ring (bicyclic) bond motifs is 7. The maximum absolute atomic E-state index is 12.3. The lowest BCUT2D eigenvalue weighted by atomic mass is 9.80. The van der Waals surface area contributed by atoms with Crippen molar-refractivity contribution < 1.29 is 24.2 Å². The molecule has 2 aliphatic rings. The molecule has 1 unspecified atom stereocenters. The zero-order chi connectivity index (χ0) is 20.4. The number of ether oxygens (including phenoxy) is 2. The molecule has 0 fully saturated rings. The van der Waals surface area contributed by atoms with Gasteiger partial charge < -0.3 is 19.9 Å². The van der Waals surface area contributed by atoms with Crippen molar-refractivity contribution in [3.05, 3.63) is 82.9 Å². The van der Waals surface area contributed by atoms with Crippen LogP contribution in [-0.4, -0.2) is 30.6 Å². The molecule has 2 aromatic carbocycles. The average Bonchev–Trinajstić information content (AvgIpc) is 3.02. The van der Waals surface area contributed by atoms with Crippen molar-refractivity contribution in [2.75, 3.05) is 13.6 Å². The summed E-state index contributed by atoms with van der Waals surface area (Å²) in [4.78, 5) is 23.0. The van der Waals surface area contributed by atoms with Crippen molar-refractivity contribution >= 4 is 11.9 Å². The molecule has 2 heterocycles. The number of carboxylic acids is 1. The summed E-state index contributed by atoms with van der Waals surface area (Å²) in [6.45, 7) is 0.874. The Morgan fingerprint density at radius 3 is 2.45 bits per heavy atom. The molecule has 2 aromatic rings. The third-order valence-corrected chi connectivity index (χ3v) is 5.57. The number of aliphatic carboxylic acids is 1. The van der Waals surface area contributed by atoms with Crippen molar-refractivity contribution in [1.29, 1.82) is 0 Å². The smallest absolute Gasteiger partial charge is 0.331 e. The van der Waals surface area contributed by atoms with Crippen molar-refractivity contribution in [3.63, 3.8) is 0 Å². The van der Waals surface area contributed by atoms with Gasteiger partial charge in [-0.1, -0.05) is 48.5 Å². The van der Waals surface area contributed by atoms with Crippen LogP contribution in [0, 0.1) is 0 Å². The summed E-state index contributed by atoms with van der Waals surface area (Å²) in [7, 11) is 1.93. The number of hydrogen-bond acceptors (Lipinski definition) is 5. The molecular weight excluding hydrogens is 370 g/mol. The number of carbonyl (C=O) groups is 2. The number of carboxylic acid groups (broad SMARTS) is 1. The van der Waals surface area contributed by atoms with Crippen molar-refractivity contribution in [3.8, 4) is 0 Å². The predicted molar refractivity (Wildman–Crippen MR) is 106 cm³/mol. The Morgan fingerprint density at radius 2 is 1.76 bits per heavy atom. The quantitative estimate of drug-likeness (QED) is 0.427. The van der Waals surface area contributed by atoms with Gasteiger partial charge >= 0.3 is 11.9 Å². The van der Waals surface area contributed by atoms with Crippen LogP contribution in [0.1, 0.15) is 47.3 Å². The zero-order valence-corrected chi connectivity index (χ0v) is 16.1. The number of carbonyl (C=O) groups excluding carboxylic acids is 1. The largest absolute Gasteiger partial charge is 0.478 e. The van der Waals surface area contributed by atoms with Gasteiger partial charge in [0.1, 0.15) is 11.7 Å². The molecule has 2 aliphatic heterocycles. The van der Waals surface area contributed by atoms with Gasteiger partial charge in [-0.2, -0.15) is 0 Å². The maximum Gasteiger partial charge on any atom is 0.331 e. The van der Waals surface area contributed by atoms with E-state index in [1.807, 2.05) is 49.5 Å². The van der Waals surface area contributed by atoms with E-state index < -0.39 is 29.7 Å². The van der Waals surface area contributed by atoms with Crippen LogP contribution < -0.4 is 5.32 Å². The second-order valence-corrected chi connectivity index (χ2v) is 7.28. The normalized spacial score (nSPS) is 24.2. The van der Waals surface area contributed by atoms with Gasteiger partial charge in [-0.3, -0.25) is 0 Å². The fraction of sp³-hybridized carbons (Fsp3) is 0.304. The fourth-order valence-electron chi connectivity index (χ4n) is 4.44. The predicted octanol–water partition coefficient (Wildman–Crippen LogP) is 3.24. The molecule has 0 radical (unpaired) electrons. The highest BCUT2D eigenvalue weighted by Crippen LogP contribution is 2.60. The van der Waals surface area contributed by atoms with Gasteiger partial charge in [-0.05, 0) is 43.1 Å². The van der Waals surface area contributed by atoms with E-state index in [1.165, 1.54) is 0 Å². The van der Waals surface area contributed by atoms with Gasteiger partial charge in [-0.15, -0.1) is 0 Å². The Hall–Kier alpha value is -2.96. The summed E-state index contributed by atoms with van der Waals surface area (Å²) < 4.78 is 12.3. The molecule has 29 heavy (non-hydrogen) atoms. The van der Waals surface area contributed by atoms with Crippen LogP contribution in [0.3, 0.4) is 0 Å². The number of rotatable bonds is 7. The van der Waals surface area contributed by atoms with Crippen molar-refractivity contribution in [1.82, 2.24) is 5.32 Å². The molecule has 4 rings (SSSR count). The minimum absolute atomic E-state index is 0.433. The maximum atomic E-state index is 12.3. The van der Waals surface area contributed by atoms with Crippen LogP contribution in [0.5, 0.6) is 0 Å². The lowest BCUT2D eigenvalue weighted by Crippen LogP contribution is -2.35. The summed E-state index contributed by atoms with van der Waals surface area (Å²) in [6, 6.07) is 15.9. The van der Waals surface area contributed by atoms with Crippen LogP contribution in [-0.2, 0) is 24.7 Å². The number of esters is 1. The first-order chi connectivity index (χ1) is 14.1. The average molecular weight is 393 g/mol. The van der Waals surface area contributed by atoms with Crippen LogP contribution >= 0.6 is 0 Å². The minimum Gasteiger partial charge on any atom is -0.478 e. The Kier molecular flexibility index (Phi) is 5.22. The molecule has 0 aliphatic carbocycles. The first kappa shape index (κ1) is 19.4. The standard InChI is InChI=1S/C23H23NO5/c1-24-14-6-13-23-17-9-4-2-7-15(17)21(28-20(27)12-11-19(25)26)22(29-23)16-8-3-5-10-18(16)23/h2-5,7-12,21-22,24H,6,13-14H2,1H3,(H,25,26)/t21?,22-,23+/m0/s1. The Balaban J connectivity index is 1.78. The lowest BCUT2D eigenvalue weighted by molar-refractivity contribution is -0.167. The second kappa shape index (κ2) is 7.81. The van der Waals surface area contributed by atoms with Gasteiger partial charge in [0.15, 0.2) is 6.10 Å². The van der Waals surface area contributed by atoms with Crippen molar-refractivity contribution in [2.24, 2.45) is 0 Å². The molecule has 0 spiro atoms. The summed E-state index contributed by atoms with van der Waals surface area (Å²) in [5, 5.41) is 12.0. The molecule has 3 atom stereocenters. The van der Waals surface area contributed by atoms with Crippen LogP contribution in [0.25, 0.3) is 0 Å². The third-order valence-electron chi connectivity index (χ3n) is 5.57. The molecule has 6 heteroatoms.